The van der Waals surface area contributed by atoms with E-state index >= 15 is 0 Å². The minimum atomic E-state index is -1.10. The van der Waals surface area contributed by atoms with Crippen LogP contribution in [0.1, 0.15) is 21.2 Å². The molecule has 1 aromatic carbocycles. The first kappa shape index (κ1) is 12.4. The lowest BCUT2D eigenvalue weighted by molar-refractivity contribution is 0.0975. The molecule has 1 unspecified atom stereocenters. The molecule has 0 saturated heterocycles. The standard InChI is InChI=1S/C13H7F2NOS/c14-8-3-4-11(15)9(6-8)13(17)10(7-16)12-2-1-5-18-12/h1-6,10H. The molecule has 18 heavy (non-hydrogen) atoms. The molecule has 0 saturated carbocycles. The van der Waals surface area contributed by atoms with Crippen molar-refractivity contribution in [3.63, 3.8) is 0 Å². The Labute approximate surface area is 106 Å². The Morgan fingerprint density at radius 1 is 1.33 bits per heavy atom. The van der Waals surface area contributed by atoms with Crippen molar-refractivity contribution < 1.29 is 13.6 Å². The van der Waals surface area contributed by atoms with Crippen molar-refractivity contribution in [3.8, 4) is 6.07 Å². The lowest BCUT2D eigenvalue weighted by Crippen LogP contribution is -2.12. The molecule has 90 valence electrons. The summed E-state index contributed by atoms with van der Waals surface area (Å²) in [7, 11) is 0. The van der Waals surface area contributed by atoms with Crippen molar-refractivity contribution >= 4 is 17.1 Å². The van der Waals surface area contributed by atoms with Crippen LogP contribution in [0.5, 0.6) is 0 Å². The molecule has 0 N–H and O–H groups in total. The summed E-state index contributed by atoms with van der Waals surface area (Å²) in [5, 5.41) is 10.7. The molecule has 0 spiro atoms. The van der Waals surface area contributed by atoms with Gasteiger partial charge in [0.05, 0.1) is 11.6 Å². The second kappa shape index (κ2) is 5.07. The highest BCUT2D eigenvalue weighted by Gasteiger charge is 2.25. The van der Waals surface area contributed by atoms with Gasteiger partial charge in [-0.05, 0) is 29.6 Å². The van der Waals surface area contributed by atoms with Crippen LogP contribution in [-0.4, -0.2) is 5.78 Å². The summed E-state index contributed by atoms with van der Waals surface area (Å²) in [4.78, 5) is 12.5. The number of hydrogen-bond acceptors (Lipinski definition) is 3. The maximum Gasteiger partial charge on any atom is 0.188 e. The topological polar surface area (TPSA) is 40.9 Å². The molecular formula is C13H7F2NOS. The van der Waals surface area contributed by atoms with E-state index in [0.29, 0.717) is 4.88 Å². The zero-order chi connectivity index (χ0) is 13.1. The Bertz CT molecular complexity index is 616. The second-order valence-electron chi connectivity index (χ2n) is 3.57. The minimum Gasteiger partial charge on any atom is -0.292 e. The van der Waals surface area contributed by atoms with Crippen LogP contribution in [0, 0.1) is 23.0 Å². The molecule has 0 aliphatic heterocycles. The first-order chi connectivity index (χ1) is 8.63. The molecule has 1 heterocycles. The Kier molecular flexibility index (Phi) is 3.49. The first-order valence-electron chi connectivity index (χ1n) is 5.05. The molecule has 1 atom stereocenters. The summed E-state index contributed by atoms with van der Waals surface area (Å²) in [6.45, 7) is 0. The van der Waals surface area contributed by atoms with E-state index in [1.54, 1.807) is 17.5 Å². The summed E-state index contributed by atoms with van der Waals surface area (Å²) in [6.07, 6.45) is 0. The summed E-state index contributed by atoms with van der Waals surface area (Å²) in [5.74, 6) is -3.35. The van der Waals surface area contributed by atoms with Gasteiger partial charge in [0.25, 0.3) is 0 Å². The van der Waals surface area contributed by atoms with Gasteiger partial charge < -0.3 is 0 Å². The maximum absolute atomic E-state index is 13.5. The number of ketones is 1. The van der Waals surface area contributed by atoms with E-state index in [0.717, 1.165) is 18.2 Å². The van der Waals surface area contributed by atoms with Crippen LogP contribution < -0.4 is 0 Å². The smallest absolute Gasteiger partial charge is 0.188 e. The molecule has 2 aromatic rings. The van der Waals surface area contributed by atoms with Gasteiger partial charge in [0, 0.05) is 4.88 Å². The van der Waals surface area contributed by atoms with Crippen molar-refractivity contribution in [2.75, 3.05) is 0 Å². The van der Waals surface area contributed by atoms with Gasteiger partial charge in [-0.25, -0.2) is 8.78 Å². The fourth-order valence-electron chi connectivity index (χ4n) is 1.55. The van der Waals surface area contributed by atoms with E-state index in [1.165, 1.54) is 11.3 Å². The average molecular weight is 263 g/mol. The van der Waals surface area contributed by atoms with Crippen molar-refractivity contribution in [1.82, 2.24) is 0 Å². The molecule has 0 radical (unpaired) electrons. The molecule has 0 aliphatic carbocycles. The van der Waals surface area contributed by atoms with Crippen molar-refractivity contribution in [2.45, 2.75) is 5.92 Å². The van der Waals surface area contributed by atoms with Gasteiger partial charge in [-0.2, -0.15) is 5.26 Å². The van der Waals surface area contributed by atoms with Gasteiger partial charge in [0.1, 0.15) is 17.6 Å². The van der Waals surface area contributed by atoms with E-state index in [9.17, 15) is 13.6 Å². The number of nitriles is 1. The minimum absolute atomic E-state index is 0.394. The zero-order valence-corrected chi connectivity index (χ0v) is 9.88. The molecular weight excluding hydrogens is 256 g/mol. The maximum atomic E-state index is 13.5. The largest absolute Gasteiger partial charge is 0.292 e. The number of benzene rings is 1. The zero-order valence-electron chi connectivity index (χ0n) is 9.06. The summed E-state index contributed by atoms with van der Waals surface area (Å²) in [6, 6.07) is 7.76. The number of nitrogens with zero attached hydrogens (tertiary/aromatic N) is 1. The molecule has 0 amide bonds. The van der Waals surface area contributed by atoms with Crippen LogP contribution in [0.15, 0.2) is 35.7 Å². The molecule has 0 aliphatic rings. The predicted octanol–water partition coefficient (Wildman–Crippen LogP) is 3.52. The summed E-state index contributed by atoms with van der Waals surface area (Å²) in [5.41, 5.74) is -0.394. The van der Waals surface area contributed by atoms with Gasteiger partial charge in [-0.3, -0.25) is 4.79 Å². The lowest BCUT2D eigenvalue weighted by Gasteiger charge is -2.07. The van der Waals surface area contributed by atoms with Gasteiger partial charge in [0.15, 0.2) is 5.78 Å². The molecule has 5 heteroatoms. The summed E-state index contributed by atoms with van der Waals surface area (Å²) >= 11 is 1.23. The van der Waals surface area contributed by atoms with E-state index in [4.69, 9.17) is 5.26 Å². The third-order valence-electron chi connectivity index (χ3n) is 2.41. The van der Waals surface area contributed by atoms with Crippen LogP contribution >= 0.6 is 11.3 Å². The van der Waals surface area contributed by atoms with Gasteiger partial charge >= 0.3 is 0 Å². The molecule has 2 nitrogen and oxygen atoms in total. The fraction of sp³-hybridized carbons (Fsp3) is 0.0769. The van der Waals surface area contributed by atoms with Crippen molar-refractivity contribution in [2.24, 2.45) is 0 Å². The average Bonchev–Trinajstić information content (AvgIpc) is 2.87. The van der Waals surface area contributed by atoms with Crippen LogP contribution in [-0.2, 0) is 0 Å². The highest BCUT2D eigenvalue weighted by Crippen LogP contribution is 2.25. The molecule has 0 fully saturated rings. The van der Waals surface area contributed by atoms with Gasteiger partial charge in [-0.1, -0.05) is 6.07 Å². The monoisotopic (exact) mass is 263 g/mol. The molecule has 1 aromatic heterocycles. The quantitative estimate of drug-likeness (QED) is 0.795. The van der Waals surface area contributed by atoms with Crippen LogP contribution in [0.2, 0.25) is 0 Å². The van der Waals surface area contributed by atoms with E-state index in [2.05, 4.69) is 0 Å². The highest BCUT2D eigenvalue weighted by atomic mass is 32.1. The van der Waals surface area contributed by atoms with Crippen LogP contribution in [0.4, 0.5) is 8.78 Å². The van der Waals surface area contributed by atoms with Gasteiger partial charge in [-0.15, -0.1) is 11.3 Å². The normalized spacial score (nSPS) is 11.8. The van der Waals surface area contributed by atoms with E-state index in [-0.39, 0.29) is 0 Å². The third-order valence-corrected chi connectivity index (χ3v) is 3.35. The predicted molar refractivity (Wildman–Crippen MR) is 63.4 cm³/mol. The number of thiophene rings is 1. The number of halogens is 2. The SMILES string of the molecule is N#CC(C(=O)c1cc(F)ccc1F)c1cccs1. The number of Topliss-reactive ketones (excluding diaryl/α,β-unsaturated/α-hetero) is 1. The summed E-state index contributed by atoms with van der Waals surface area (Å²) < 4.78 is 26.5. The fourth-order valence-corrected chi connectivity index (χ4v) is 2.32. The molecule has 0 bridgehead atoms. The highest BCUT2D eigenvalue weighted by molar-refractivity contribution is 7.10. The van der Waals surface area contributed by atoms with E-state index in [1.807, 2.05) is 6.07 Å². The Balaban J connectivity index is 2.42. The van der Waals surface area contributed by atoms with Gasteiger partial charge in [0.2, 0.25) is 0 Å². The number of rotatable bonds is 3. The Morgan fingerprint density at radius 3 is 2.72 bits per heavy atom. The third kappa shape index (κ3) is 2.29. The lowest BCUT2D eigenvalue weighted by atomic mass is 9.97. The second-order valence-corrected chi connectivity index (χ2v) is 4.55. The number of carbonyl (C=O) groups excluding carboxylic acids is 1. The number of hydrogen-bond donors (Lipinski definition) is 0. The number of carbonyl (C=O) groups is 1. The van der Waals surface area contributed by atoms with Crippen molar-refractivity contribution in [3.05, 3.63) is 57.8 Å². The van der Waals surface area contributed by atoms with E-state index < -0.39 is 28.9 Å². The van der Waals surface area contributed by atoms with Crippen LogP contribution in [0.25, 0.3) is 0 Å². The van der Waals surface area contributed by atoms with Crippen molar-refractivity contribution in [1.29, 1.82) is 5.26 Å². The Hall–Kier alpha value is -2.06. The first-order valence-corrected chi connectivity index (χ1v) is 5.93. The molecule has 2 rings (SSSR count). The van der Waals surface area contributed by atoms with Crippen LogP contribution in [0.3, 0.4) is 0 Å². The Morgan fingerprint density at radius 2 is 2.11 bits per heavy atom.